The first-order valence-corrected chi connectivity index (χ1v) is 7.81. The van der Waals surface area contributed by atoms with Crippen LogP contribution in [0.3, 0.4) is 0 Å². The van der Waals surface area contributed by atoms with Gasteiger partial charge >= 0.3 is 0 Å². The van der Waals surface area contributed by atoms with Crippen LogP contribution in [0.25, 0.3) is 0 Å². The molecule has 1 rings (SSSR count). The molecule has 0 bridgehead atoms. The maximum absolute atomic E-state index is 6.04. The van der Waals surface area contributed by atoms with Crippen molar-refractivity contribution < 1.29 is 9.47 Å². The molecular weight excluding hydrogens is 236 g/mol. The highest BCUT2D eigenvalue weighted by atomic mass is 16.5. The topological polar surface area (TPSA) is 18.5 Å². The van der Waals surface area contributed by atoms with Gasteiger partial charge in [0.15, 0.2) is 0 Å². The van der Waals surface area contributed by atoms with Gasteiger partial charge in [0.1, 0.15) is 0 Å². The molecule has 0 heterocycles. The van der Waals surface area contributed by atoms with E-state index in [0.29, 0.717) is 25.2 Å². The molecule has 1 aliphatic rings. The Bertz CT molecular complexity index is 250. The van der Waals surface area contributed by atoms with Crippen LogP contribution in [0.2, 0.25) is 0 Å². The molecule has 0 aliphatic heterocycles. The van der Waals surface area contributed by atoms with E-state index < -0.39 is 0 Å². The monoisotopic (exact) mass is 267 g/mol. The van der Waals surface area contributed by atoms with Crippen LogP contribution in [0.4, 0.5) is 0 Å². The molecular formula is C17H31O2. The molecule has 111 valence electrons. The predicted octanol–water partition coefficient (Wildman–Crippen LogP) is 4.40. The third-order valence-corrected chi connectivity index (χ3v) is 4.00. The summed E-state index contributed by atoms with van der Waals surface area (Å²) >= 11 is 0. The number of unbranched alkanes of at least 4 members (excludes halogenated alkanes) is 2. The van der Waals surface area contributed by atoms with Gasteiger partial charge in [-0.25, -0.2) is 0 Å². The summed E-state index contributed by atoms with van der Waals surface area (Å²) < 4.78 is 11.6. The van der Waals surface area contributed by atoms with Gasteiger partial charge in [0.25, 0.3) is 0 Å². The van der Waals surface area contributed by atoms with E-state index in [4.69, 9.17) is 9.47 Å². The van der Waals surface area contributed by atoms with Crippen molar-refractivity contribution in [2.45, 2.75) is 59.0 Å². The fraction of sp³-hybridized carbons (Fsp3) is 0.824. The lowest BCUT2D eigenvalue weighted by atomic mass is 9.78. The standard InChI is InChI=1S/C17H31O2/c1-5-6-7-10-18-11-12-19-17-13-15(4)8-9-16(17)14(2)3/h6,15-17H,2,5,7-13H2,1,3-4H3. The summed E-state index contributed by atoms with van der Waals surface area (Å²) in [6.45, 7) is 13.0. The molecule has 19 heavy (non-hydrogen) atoms. The van der Waals surface area contributed by atoms with E-state index >= 15 is 0 Å². The van der Waals surface area contributed by atoms with Crippen LogP contribution in [-0.2, 0) is 9.47 Å². The van der Waals surface area contributed by atoms with Crippen LogP contribution >= 0.6 is 0 Å². The molecule has 0 spiro atoms. The summed E-state index contributed by atoms with van der Waals surface area (Å²) in [7, 11) is 0. The van der Waals surface area contributed by atoms with Crippen LogP contribution in [0.15, 0.2) is 12.2 Å². The average molecular weight is 267 g/mol. The molecule has 0 aromatic carbocycles. The summed E-state index contributed by atoms with van der Waals surface area (Å²) in [6, 6.07) is 0. The minimum atomic E-state index is 0.354. The second kappa shape index (κ2) is 9.55. The quantitative estimate of drug-likeness (QED) is 0.455. The first-order valence-electron chi connectivity index (χ1n) is 7.81. The Balaban J connectivity index is 2.16. The van der Waals surface area contributed by atoms with Gasteiger partial charge in [-0.1, -0.05) is 32.4 Å². The molecule has 0 saturated heterocycles. The maximum atomic E-state index is 6.04. The van der Waals surface area contributed by atoms with Crippen molar-refractivity contribution in [1.29, 1.82) is 0 Å². The lowest BCUT2D eigenvalue weighted by Crippen LogP contribution is -2.32. The van der Waals surface area contributed by atoms with Crippen LogP contribution in [0.1, 0.15) is 52.9 Å². The largest absolute Gasteiger partial charge is 0.379 e. The summed E-state index contributed by atoms with van der Waals surface area (Å²) in [5.41, 5.74) is 1.27. The van der Waals surface area contributed by atoms with Crippen molar-refractivity contribution in [2.24, 2.45) is 11.8 Å². The van der Waals surface area contributed by atoms with Crippen LogP contribution in [0.5, 0.6) is 0 Å². The van der Waals surface area contributed by atoms with Crippen LogP contribution in [-0.4, -0.2) is 25.9 Å². The van der Waals surface area contributed by atoms with Gasteiger partial charge in [-0.2, -0.15) is 0 Å². The van der Waals surface area contributed by atoms with E-state index in [-0.39, 0.29) is 0 Å². The molecule has 3 unspecified atom stereocenters. The molecule has 3 atom stereocenters. The van der Waals surface area contributed by atoms with Crippen molar-refractivity contribution in [2.75, 3.05) is 19.8 Å². The minimum Gasteiger partial charge on any atom is -0.379 e. The smallest absolute Gasteiger partial charge is 0.0704 e. The second-order valence-electron chi connectivity index (χ2n) is 5.88. The van der Waals surface area contributed by atoms with E-state index in [1.807, 2.05) is 0 Å². The van der Waals surface area contributed by atoms with Crippen molar-refractivity contribution in [3.63, 3.8) is 0 Å². The van der Waals surface area contributed by atoms with Gasteiger partial charge in [-0.15, -0.1) is 0 Å². The Morgan fingerprint density at radius 3 is 2.74 bits per heavy atom. The first kappa shape index (κ1) is 16.7. The third kappa shape index (κ3) is 6.58. The molecule has 0 aromatic rings. The zero-order chi connectivity index (χ0) is 14.1. The molecule has 0 amide bonds. The van der Waals surface area contributed by atoms with Crippen LogP contribution < -0.4 is 0 Å². The van der Waals surface area contributed by atoms with E-state index in [1.165, 1.54) is 24.8 Å². The molecule has 2 heteroatoms. The fourth-order valence-corrected chi connectivity index (χ4v) is 2.81. The molecule has 2 nitrogen and oxygen atoms in total. The Hall–Kier alpha value is -0.340. The lowest BCUT2D eigenvalue weighted by molar-refractivity contribution is -0.0381. The van der Waals surface area contributed by atoms with E-state index in [2.05, 4.69) is 33.8 Å². The van der Waals surface area contributed by atoms with Gasteiger partial charge in [-0.3, -0.25) is 0 Å². The number of ether oxygens (including phenoxy) is 2. The Labute approximate surface area is 119 Å². The molecule has 0 N–H and O–H groups in total. The molecule has 1 radical (unpaired) electrons. The summed E-state index contributed by atoms with van der Waals surface area (Å²) in [5, 5.41) is 0. The third-order valence-electron chi connectivity index (χ3n) is 4.00. The Morgan fingerprint density at radius 1 is 1.26 bits per heavy atom. The van der Waals surface area contributed by atoms with Crippen LogP contribution in [0, 0.1) is 18.3 Å². The second-order valence-corrected chi connectivity index (χ2v) is 5.88. The Kier molecular flexibility index (Phi) is 8.40. The van der Waals surface area contributed by atoms with Gasteiger partial charge in [0.05, 0.1) is 19.3 Å². The van der Waals surface area contributed by atoms with E-state index in [9.17, 15) is 0 Å². The van der Waals surface area contributed by atoms with E-state index in [0.717, 1.165) is 25.4 Å². The summed E-state index contributed by atoms with van der Waals surface area (Å²) in [5.74, 6) is 1.32. The molecule has 1 saturated carbocycles. The number of rotatable bonds is 9. The van der Waals surface area contributed by atoms with Gasteiger partial charge in [-0.05, 0) is 44.9 Å². The van der Waals surface area contributed by atoms with Gasteiger partial charge < -0.3 is 9.47 Å². The van der Waals surface area contributed by atoms with Crippen molar-refractivity contribution in [3.05, 3.63) is 18.6 Å². The van der Waals surface area contributed by atoms with Gasteiger partial charge in [0.2, 0.25) is 0 Å². The normalized spacial score (nSPS) is 27.4. The highest BCUT2D eigenvalue weighted by Crippen LogP contribution is 2.34. The van der Waals surface area contributed by atoms with Crippen molar-refractivity contribution in [1.82, 2.24) is 0 Å². The highest BCUT2D eigenvalue weighted by molar-refractivity contribution is 5.02. The zero-order valence-corrected chi connectivity index (χ0v) is 13.0. The highest BCUT2D eigenvalue weighted by Gasteiger charge is 2.29. The SMILES string of the molecule is C=C(C)C1CCC(C)CC1OCCOCC[CH]CC. The maximum Gasteiger partial charge on any atom is 0.0704 e. The van der Waals surface area contributed by atoms with E-state index in [1.54, 1.807) is 0 Å². The predicted molar refractivity (Wildman–Crippen MR) is 81.1 cm³/mol. The summed E-state index contributed by atoms with van der Waals surface area (Å²) in [6.07, 6.45) is 8.48. The zero-order valence-electron chi connectivity index (χ0n) is 13.0. The summed E-state index contributed by atoms with van der Waals surface area (Å²) in [4.78, 5) is 0. The van der Waals surface area contributed by atoms with Crippen molar-refractivity contribution in [3.8, 4) is 0 Å². The average Bonchev–Trinajstić information content (AvgIpc) is 2.37. The lowest BCUT2D eigenvalue weighted by Gasteiger charge is -2.35. The fourth-order valence-electron chi connectivity index (χ4n) is 2.81. The molecule has 0 aromatic heterocycles. The van der Waals surface area contributed by atoms with Gasteiger partial charge in [0, 0.05) is 12.5 Å². The van der Waals surface area contributed by atoms with Crippen molar-refractivity contribution >= 4 is 0 Å². The molecule has 1 aliphatic carbocycles. The first-order chi connectivity index (χ1) is 9.15. The number of hydrogen-bond donors (Lipinski definition) is 0. The number of hydrogen-bond acceptors (Lipinski definition) is 2. The minimum absolute atomic E-state index is 0.354. The molecule has 1 fully saturated rings. The Morgan fingerprint density at radius 2 is 2.05 bits per heavy atom.